The zero-order chi connectivity index (χ0) is 23.2. The Bertz CT molecular complexity index is 1210. The summed E-state index contributed by atoms with van der Waals surface area (Å²) in [6.45, 7) is 1.35. The van der Waals surface area contributed by atoms with Crippen LogP contribution in [0, 0.1) is 11.3 Å². The Balaban J connectivity index is 1.55. The number of carbonyl (C=O) groups is 1. The minimum Gasteiger partial charge on any atom is -0.480 e. The van der Waals surface area contributed by atoms with E-state index in [0.29, 0.717) is 23.6 Å². The van der Waals surface area contributed by atoms with Crippen LogP contribution in [-0.4, -0.2) is 28.6 Å². The van der Waals surface area contributed by atoms with E-state index in [9.17, 15) is 15.2 Å². The molecule has 1 aliphatic heterocycles. The lowest BCUT2D eigenvalue weighted by Crippen LogP contribution is -2.43. The van der Waals surface area contributed by atoms with E-state index < -0.39 is 12.0 Å². The molecule has 0 radical (unpaired) electrons. The molecule has 1 aliphatic rings. The van der Waals surface area contributed by atoms with Crippen molar-refractivity contribution in [1.82, 2.24) is 4.90 Å². The Hall–Kier alpha value is -3.39. The van der Waals surface area contributed by atoms with Gasteiger partial charge in [0.15, 0.2) is 0 Å². The summed E-state index contributed by atoms with van der Waals surface area (Å²) >= 11 is 6.56. The lowest BCUT2D eigenvalue weighted by Gasteiger charge is -2.32. The molecular formula is C28H25ClN2O2. The van der Waals surface area contributed by atoms with E-state index in [-0.39, 0.29) is 0 Å². The van der Waals surface area contributed by atoms with Gasteiger partial charge >= 0.3 is 5.97 Å². The number of piperidine rings is 1. The molecule has 0 bridgehead atoms. The predicted molar refractivity (Wildman–Crippen MR) is 133 cm³/mol. The van der Waals surface area contributed by atoms with Gasteiger partial charge in [0.25, 0.3) is 0 Å². The maximum atomic E-state index is 11.6. The Kier molecular flexibility index (Phi) is 7.24. The van der Waals surface area contributed by atoms with Gasteiger partial charge in [0.2, 0.25) is 0 Å². The minimum atomic E-state index is -0.758. The zero-order valence-corrected chi connectivity index (χ0v) is 19.0. The van der Waals surface area contributed by atoms with Crippen molar-refractivity contribution >= 4 is 29.7 Å². The van der Waals surface area contributed by atoms with Gasteiger partial charge in [-0.15, -0.1) is 0 Å². The van der Waals surface area contributed by atoms with Gasteiger partial charge in [-0.05, 0) is 47.7 Å². The van der Waals surface area contributed by atoms with Crippen LogP contribution in [-0.2, 0) is 11.3 Å². The molecule has 1 saturated heterocycles. The van der Waals surface area contributed by atoms with E-state index in [2.05, 4.69) is 6.07 Å². The number of nitriles is 1. The third kappa shape index (κ3) is 5.34. The van der Waals surface area contributed by atoms with Crippen molar-refractivity contribution in [2.45, 2.75) is 31.8 Å². The van der Waals surface area contributed by atoms with Crippen LogP contribution in [0.5, 0.6) is 0 Å². The molecule has 0 saturated carbocycles. The molecule has 3 aromatic rings. The van der Waals surface area contributed by atoms with Gasteiger partial charge in [-0.1, -0.05) is 90.8 Å². The monoisotopic (exact) mass is 456 g/mol. The van der Waals surface area contributed by atoms with Gasteiger partial charge in [-0.25, -0.2) is 0 Å². The smallest absolute Gasteiger partial charge is 0.320 e. The van der Waals surface area contributed by atoms with Crippen LogP contribution >= 0.6 is 11.6 Å². The molecule has 1 heterocycles. The van der Waals surface area contributed by atoms with Crippen molar-refractivity contribution < 1.29 is 9.90 Å². The van der Waals surface area contributed by atoms with E-state index in [4.69, 9.17) is 11.6 Å². The lowest BCUT2D eigenvalue weighted by molar-refractivity contribution is -0.144. The average Bonchev–Trinajstić information content (AvgIpc) is 2.84. The second-order valence-corrected chi connectivity index (χ2v) is 8.66. The summed E-state index contributed by atoms with van der Waals surface area (Å²) in [5.74, 6) is -0.758. The first-order valence-electron chi connectivity index (χ1n) is 11.1. The lowest BCUT2D eigenvalue weighted by atomic mass is 9.95. The van der Waals surface area contributed by atoms with Crippen LogP contribution in [0.15, 0.2) is 66.7 Å². The highest BCUT2D eigenvalue weighted by Gasteiger charge is 2.28. The van der Waals surface area contributed by atoms with Crippen molar-refractivity contribution in [3.8, 4) is 17.2 Å². The summed E-state index contributed by atoms with van der Waals surface area (Å²) in [4.78, 5) is 13.6. The molecular weight excluding hydrogens is 432 g/mol. The van der Waals surface area contributed by atoms with Crippen molar-refractivity contribution in [2.75, 3.05) is 6.54 Å². The van der Waals surface area contributed by atoms with Crippen molar-refractivity contribution in [1.29, 1.82) is 5.26 Å². The molecule has 0 amide bonds. The standard InChI is InChI=1S/C28H25ClN2O2/c29-26-17-20(19-31-16-5-4-11-27(31)28(32)33)12-13-23(26)15-14-22-9-6-10-24(25(22)18-30)21-7-2-1-3-8-21/h1-3,6-10,12-15,17,27H,4-5,11,16,19H2,(H,32,33). The number of carboxylic acids is 1. The number of hydrogen-bond donors (Lipinski definition) is 1. The second-order valence-electron chi connectivity index (χ2n) is 8.26. The highest BCUT2D eigenvalue weighted by Crippen LogP contribution is 2.28. The molecule has 166 valence electrons. The third-order valence-corrected chi connectivity index (χ3v) is 6.41. The number of likely N-dealkylation sites (tertiary alicyclic amines) is 1. The van der Waals surface area contributed by atoms with Crippen molar-refractivity contribution in [2.24, 2.45) is 0 Å². The minimum absolute atomic E-state index is 0.432. The number of nitrogens with zero attached hydrogens (tertiary/aromatic N) is 2. The molecule has 5 heteroatoms. The maximum absolute atomic E-state index is 11.6. The summed E-state index contributed by atoms with van der Waals surface area (Å²) in [6, 6.07) is 23.5. The van der Waals surface area contributed by atoms with Crippen LogP contribution in [0.2, 0.25) is 5.02 Å². The first-order valence-corrected chi connectivity index (χ1v) is 11.5. The summed E-state index contributed by atoms with van der Waals surface area (Å²) in [5, 5.41) is 19.9. The molecule has 1 N–H and O–H groups in total. The van der Waals surface area contributed by atoms with E-state index in [0.717, 1.165) is 47.2 Å². The molecule has 4 nitrogen and oxygen atoms in total. The second kappa shape index (κ2) is 10.5. The number of rotatable bonds is 6. The topological polar surface area (TPSA) is 64.3 Å². The molecule has 1 fully saturated rings. The zero-order valence-electron chi connectivity index (χ0n) is 18.2. The SMILES string of the molecule is N#Cc1c(C=Cc2ccc(CN3CCCCC3C(=O)O)cc2Cl)cccc1-c1ccccc1. The Morgan fingerprint density at radius 2 is 1.85 bits per heavy atom. The Labute approximate surface area is 199 Å². The largest absolute Gasteiger partial charge is 0.480 e. The molecule has 0 spiro atoms. The van der Waals surface area contributed by atoms with Gasteiger partial charge in [-0.3, -0.25) is 9.69 Å². The summed E-state index contributed by atoms with van der Waals surface area (Å²) < 4.78 is 0. The number of halogens is 1. The van der Waals surface area contributed by atoms with Gasteiger partial charge in [0, 0.05) is 17.1 Å². The van der Waals surface area contributed by atoms with Crippen LogP contribution in [0.1, 0.15) is 41.5 Å². The molecule has 3 aromatic carbocycles. The van der Waals surface area contributed by atoms with E-state index in [1.807, 2.05) is 83.8 Å². The molecule has 33 heavy (non-hydrogen) atoms. The van der Waals surface area contributed by atoms with Crippen LogP contribution in [0.4, 0.5) is 0 Å². The van der Waals surface area contributed by atoms with E-state index in [1.54, 1.807) is 0 Å². The summed E-state index contributed by atoms with van der Waals surface area (Å²) in [7, 11) is 0. The van der Waals surface area contributed by atoms with Crippen LogP contribution in [0.3, 0.4) is 0 Å². The number of carboxylic acid groups (broad SMARTS) is 1. The predicted octanol–water partition coefficient (Wildman–Crippen LogP) is 6.49. The van der Waals surface area contributed by atoms with Crippen LogP contribution in [0.25, 0.3) is 23.3 Å². The van der Waals surface area contributed by atoms with Gasteiger partial charge < -0.3 is 5.11 Å². The average molecular weight is 457 g/mol. The number of aliphatic carboxylic acids is 1. The summed E-state index contributed by atoms with van der Waals surface area (Å²) in [6.07, 6.45) is 6.48. The fraction of sp³-hybridized carbons (Fsp3) is 0.214. The molecule has 0 aromatic heterocycles. The third-order valence-electron chi connectivity index (χ3n) is 6.08. The molecule has 1 atom stereocenters. The van der Waals surface area contributed by atoms with Crippen molar-refractivity contribution in [3.63, 3.8) is 0 Å². The fourth-order valence-electron chi connectivity index (χ4n) is 4.37. The normalized spacial score (nSPS) is 16.5. The first-order chi connectivity index (χ1) is 16.1. The highest BCUT2D eigenvalue weighted by molar-refractivity contribution is 6.32. The number of benzene rings is 3. The van der Waals surface area contributed by atoms with Crippen LogP contribution < -0.4 is 0 Å². The Morgan fingerprint density at radius 3 is 2.58 bits per heavy atom. The quantitative estimate of drug-likeness (QED) is 0.430. The van der Waals surface area contributed by atoms with E-state index >= 15 is 0 Å². The molecule has 4 rings (SSSR count). The summed E-state index contributed by atoms with van der Waals surface area (Å²) in [5.41, 5.74) is 5.20. The highest BCUT2D eigenvalue weighted by atomic mass is 35.5. The molecule has 0 aliphatic carbocycles. The van der Waals surface area contributed by atoms with E-state index in [1.165, 1.54) is 0 Å². The Morgan fingerprint density at radius 1 is 1.06 bits per heavy atom. The maximum Gasteiger partial charge on any atom is 0.320 e. The van der Waals surface area contributed by atoms with Gasteiger partial charge in [0.05, 0.1) is 5.56 Å². The van der Waals surface area contributed by atoms with Gasteiger partial charge in [0.1, 0.15) is 12.1 Å². The molecule has 1 unspecified atom stereocenters. The first kappa shape index (κ1) is 22.8. The number of hydrogen-bond acceptors (Lipinski definition) is 3. The van der Waals surface area contributed by atoms with Crippen molar-refractivity contribution in [3.05, 3.63) is 94.0 Å². The van der Waals surface area contributed by atoms with Gasteiger partial charge in [-0.2, -0.15) is 5.26 Å². The fourth-order valence-corrected chi connectivity index (χ4v) is 4.64.